The summed E-state index contributed by atoms with van der Waals surface area (Å²) in [5.74, 6) is -0.758. The molecule has 0 aliphatic heterocycles. The van der Waals surface area contributed by atoms with Gasteiger partial charge >= 0.3 is 0 Å². The van der Waals surface area contributed by atoms with E-state index in [1.54, 1.807) is 38.1 Å². The molecule has 2 aromatic carbocycles. The Bertz CT molecular complexity index is 1360. The number of aromatic nitrogens is 2. The molecule has 0 atom stereocenters. The second-order valence-electron chi connectivity index (χ2n) is 7.83. The highest BCUT2D eigenvalue weighted by molar-refractivity contribution is 6.39. The molecule has 34 heavy (non-hydrogen) atoms. The molecule has 0 saturated heterocycles. The van der Waals surface area contributed by atoms with Crippen LogP contribution < -0.4 is 5.32 Å². The zero-order chi connectivity index (χ0) is 24.4. The SMILES string of the molecule is CCN(CC(=O)Nc1c(Cl)cccc1Cl)C(=O)c1cc(-c2ccc(C)cc2)nc2onc(C)c12. The predicted octanol–water partition coefficient (Wildman–Crippen LogP) is 5.91. The zero-order valence-corrected chi connectivity index (χ0v) is 20.4. The first-order valence-corrected chi connectivity index (χ1v) is 11.4. The molecular weight excluding hydrogens is 475 g/mol. The van der Waals surface area contributed by atoms with E-state index in [4.69, 9.17) is 27.7 Å². The summed E-state index contributed by atoms with van der Waals surface area (Å²) in [4.78, 5) is 32.3. The molecular formula is C25H22Cl2N4O3. The third-order valence-electron chi connectivity index (χ3n) is 5.43. The number of hydrogen-bond acceptors (Lipinski definition) is 5. The van der Waals surface area contributed by atoms with Crippen molar-refractivity contribution in [3.8, 4) is 11.3 Å². The fourth-order valence-electron chi connectivity index (χ4n) is 3.60. The van der Waals surface area contributed by atoms with Crippen molar-refractivity contribution < 1.29 is 14.1 Å². The molecule has 0 fully saturated rings. The number of pyridine rings is 1. The van der Waals surface area contributed by atoms with Crippen molar-refractivity contribution in [2.75, 3.05) is 18.4 Å². The third-order valence-corrected chi connectivity index (χ3v) is 6.06. The number of hydrogen-bond donors (Lipinski definition) is 1. The average Bonchev–Trinajstić information content (AvgIpc) is 3.20. The largest absolute Gasteiger partial charge is 0.335 e. The van der Waals surface area contributed by atoms with E-state index in [-0.39, 0.29) is 18.2 Å². The van der Waals surface area contributed by atoms with Crippen LogP contribution >= 0.6 is 23.2 Å². The van der Waals surface area contributed by atoms with Crippen LogP contribution in [0.15, 0.2) is 53.1 Å². The van der Waals surface area contributed by atoms with Gasteiger partial charge in [-0.25, -0.2) is 4.98 Å². The molecule has 2 heterocycles. The van der Waals surface area contributed by atoms with E-state index in [1.807, 2.05) is 31.2 Å². The highest BCUT2D eigenvalue weighted by Crippen LogP contribution is 2.30. The molecule has 0 aliphatic rings. The molecule has 7 nitrogen and oxygen atoms in total. The number of benzene rings is 2. The normalized spacial score (nSPS) is 11.0. The standard InChI is InChI=1S/C25H22Cl2N4O3/c1-4-31(13-21(32)29-23-18(26)6-5-7-19(23)27)25(33)17-12-20(16-10-8-14(2)9-11-16)28-24-22(17)15(3)30-34-24/h5-12H,4,13H2,1-3H3,(H,29,32). The molecule has 0 aliphatic carbocycles. The van der Waals surface area contributed by atoms with Crippen LogP contribution in [0, 0.1) is 13.8 Å². The van der Waals surface area contributed by atoms with E-state index in [2.05, 4.69) is 15.5 Å². The van der Waals surface area contributed by atoms with E-state index >= 15 is 0 Å². The minimum Gasteiger partial charge on any atom is -0.335 e. The number of rotatable bonds is 6. The lowest BCUT2D eigenvalue weighted by molar-refractivity contribution is -0.116. The summed E-state index contributed by atoms with van der Waals surface area (Å²) in [7, 11) is 0. The van der Waals surface area contributed by atoms with Crippen LogP contribution in [0.25, 0.3) is 22.4 Å². The minimum atomic E-state index is -0.420. The van der Waals surface area contributed by atoms with Gasteiger partial charge in [-0.3, -0.25) is 9.59 Å². The Morgan fingerprint density at radius 3 is 2.38 bits per heavy atom. The number of para-hydroxylation sites is 1. The van der Waals surface area contributed by atoms with Gasteiger partial charge in [0.1, 0.15) is 6.54 Å². The number of fused-ring (bicyclic) bond motifs is 1. The van der Waals surface area contributed by atoms with Gasteiger partial charge in [0.25, 0.3) is 11.6 Å². The van der Waals surface area contributed by atoms with Gasteiger partial charge in [0.2, 0.25) is 5.91 Å². The van der Waals surface area contributed by atoms with Crippen molar-refractivity contribution in [2.24, 2.45) is 0 Å². The summed E-state index contributed by atoms with van der Waals surface area (Å²) in [6, 6.07) is 14.4. The van der Waals surface area contributed by atoms with E-state index in [9.17, 15) is 9.59 Å². The summed E-state index contributed by atoms with van der Waals surface area (Å²) >= 11 is 12.3. The van der Waals surface area contributed by atoms with Gasteiger partial charge in [0, 0.05) is 12.1 Å². The highest BCUT2D eigenvalue weighted by Gasteiger charge is 2.24. The number of carbonyl (C=O) groups is 2. The summed E-state index contributed by atoms with van der Waals surface area (Å²) < 4.78 is 5.38. The molecule has 0 unspecified atom stereocenters. The number of amides is 2. The number of aryl methyl sites for hydroxylation is 2. The molecule has 1 N–H and O–H groups in total. The van der Waals surface area contributed by atoms with Crippen LogP contribution in [-0.4, -0.2) is 39.9 Å². The molecule has 4 aromatic rings. The number of nitrogens with zero attached hydrogens (tertiary/aromatic N) is 3. The molecule has 0 radical (unpaired) electrons. The molecule has 4 rings (SSSR count). The van der Waals surface area contributed by atoms with Crippen LogP contribution in [0.4, 0.5) is 5.69 Å². The Labute approximate surface area is 206 Å². The smallest absolute Gasteiger partial charge is 0.259 e. The number of nitrogens with one attached hydrogen (secondary N) is 1. The Balaban J connectivity index is 1.66. The molecule has 0 saturated carbocycles. The van der Waals surface area contributed by atoms with Crippen LogP contribution in [0.3, 0.4) is 0 Å². The topological polar surface area (TPSA) is 88.3 Å². The van der Waals surface area contributed by atoms with Crippen molar-refractivity contribution in [3.63, 3.8) is 0 Å². The number of halogens is 2. The Morgan fingerprint density at radius 1 is 1.06 bits per heavy atom. The van der Waals surface area contributed by atoms with Crippen molar-refractivity contribution >= 4 is 51.8 Å². The molecule has 2 aromatic heterocycles. The first-order valence-electron chi connectivity index (χ1n) is 10.7. The van der Waals surface area contributed by atoms with Gasteiger partial charge in [-0.15, -0.1) is 0 Å². The maximum absolute atomic E-state index is 13.6. The summed E-state index contributed by atoms with van der Waals surface area (Å²) in [5.41, 5.74) is 4.01. The predicted molar refractivity (Wildman–Crippen MR) is 133 cm³/mol. The third kappa shape index (κ3) is 4.76. The monoisotopic (exact) mass is 496 g/mol. The fraction of sp³-hybridized carbons (Fsp3) is 0.200. The lowest BCUT2D eigenvalue weighted by Crippen LogP contribution is -2.38. The van der Waals surface area contributed by atoms with E-state index in [1.165, 1.54) is 4.90 Å². The van der Waals surface area contributed by atoms with Crippen LogP contribution in [0.5, 0.6) is 0 Å². The lowest BCUT2D eigenvalue weighted by Gasteiger charge is -2.21. The first-order chi connectivity index (χ1) is 16.3. The van der Waals surface area contributed by atoms with E-state index in [0.29, 0.717) is 44.6 Å². The summed E-state index contributed by atoms with van der Waals surface area (Å²) in [6.07, 6.45) is 0. The molecule has 2 amide bonds. The molecule has 9 heteroatoms. The number of carbonyl (C=O) groups excluding carboxylic acids is 2. The Kier molecular flexibility index (Phi) is 6.86. The molecule has 0 bridgehead atoms. The second-order valence-corrected chi connectivity index (χ2v) is 8.65. The Morgan fingerprint density at radius 2 is 1.74 bits per heavy atom. The van der Waals surface area contributed by atoms with Crippen LogP contribution in [0.2, 0.25) is 10.0 Å². The maximum Gasteiger partial charge on any atom is 0.259 e. The van der Waals surface area contributed by atoms with Gasteiger partial charge < -0.3 is 14.7 Å². The quantitative estimate of drug-likeness (QED) is 0.358. The molecule has 0 spiro atoms. The second kappa shape index (κ2) is 9.83. The highest BCUT2D eigenvalue weighted by atomic mass is 35.5. The number of anilines is 1. The van der Waals surface area contributed by atoms with Crippen molar-refractivity contribution in [1.82, 2.24) is 15.0 Å². The van der Waals surface area contributed by atoms with Crippen molar-refractivity contribution in [2.45, 2.75) is 20.8 Å². The minimum absolute atomic E-state index is 0.190. The van der Waals surface area contributed by atoms with Gasteiger partial charge in [-0.2, -0.15) is 0 Å². The maximum atomic E-state index is 13.6. The first kappa shape index (κ1) is 23.7. The summed E-state index contributed by atoms with van der Waals surface area (Å²) in [6.45, 7) is 5.65. The Hall–Kier alpha value is -3.42. The van der Waals surface area contributed by atoms with Crippen molar-refractivity contribution in [1.29, 1.82) is 0 Å². The molecule has 174 valence electrons. The van der Waals surface area contributed by atoms with Crippen molar-refractivity contribution in [3.05, 3.63) is 75.4 Å². The van der Waals surface area contributed by atoms with Crippen LogP contribution in [-0.2, 0) is 4.79 Å². The van der Waals surface area contributed by atoms with Gasteiger partial charge in [-0.1, -0.05) is 64.3 Å². The number of likely N-dealkylation sites (N-methyl/N-ethyl adjacent to an activating group) is 1. The van der Waals surface area contributed by atoms with Crippen LogP contribution in [0.1, 0.15) is 28.5 Å². The zero-order valence-electron chi connectivity index (χ0n) is 18.9. The van der Waals surface area contributed by atoms with Gasteiger partial charge in [-0.05, 0) is 39.0 Å². The lowest BCUT2D eigenvalue weighted by atomic mass is 10.0. The summed E-state index contributed by atoms with van der Waals surface area (Å²) in [5, 5.41) is 7.84. The van der Waals surface area contributed by atoms with Gasteiger partial charge in [0.05, 0.1) is 38.1 Å². The van der Waals surface area contributed by atoms with E-state index < -0.39 is 5.91 Å². The fourth-order valence-corrected chi connectivity index (χ4v) is 4.09. The van der Waals surface area contributed by atoms with E-state index in [0.717, 1.165) is 11.1 Å². The average molecular weight is 497 g/mol. The van der Waals surface area contributed by atoms with Gasteiger partial charge in [0.15, 0.2) is 0 Å².